The van der Waals surface area contributed by atoms with E-state index in [9.17, 15) is 22.4 Å². The minimum Gasteiger partial charge on any atom is -0.497 e. The molecule has 0 unspecified atom stereocenters. The summed E-state index contributed by atoms with van der Waals surface area (Å²) < 4.78 is 49.6. The van der Waals surface area contributed by atoms with Crippen molar-refractivity contribution in [1.82, 2.24) is 9.99 Å². The molecule has 0 saturated heterocycles. The average Bonchev–Trinajstić information content (AvgIpc) is 3.24. The summed E-state index contributed by atoms with van der Waals surface area (Å²) in [4.78, 5) is 24.2. The minimum absolute atomic E-state index is 0.0793. The van der Waals surface area contributed by atoms with Crippen molar-refractivity contribution in [3.05, 3.63) is 102 Å². The number of ether oxygens (including phenoxy) is 1. The molecule has 1 aromatic heterocycles. The molecule has 2 N–H and O–H groups in total. The largest absolute Gasteiger partial charge is 0.497 e. The Labute approximate surface area is 243 Å². The third-order valence-electron chi connectivity index (χ3n) is 6.37. The molecule has 0 fully saturated rings. The van der Waals surface area contributed by atoms with Crippen LogP contribution in [0, 0.1) is 19.7 Å². The molecule has 12 heteroatoms. The standard InChI is InChI=1S/C30H30FN5O5S/c1-20-17-23(21(2)36(20)29-8-6-5-7-28(29)31)18-32-34-30(38)19-35(25-11-13-26(41-4)14-12-25)42(39,40)27-15-9-24(10-16-27)33-22(3)37/h5-18H,19H2,1-4H3,(H,33,37)(H,34,38)/b32-18-. The molecule has 3 aromatic carbocycles. The van der Waals surface area contributed by atoms with Gasteiger partial charge in [-0.3, -0.25) is 13.9 Å². The Bertz CT molecular complexity index is 1730. The lowest BCUT2D eigenvalue weighted by molar-refractivity contribution is -0.119. The normalized spacial score (nSPS) is 11.4. The van der Waals surface area contributed by atoms with Crippen LogP contribution in [0.15, 0.2) is 88.9 Å². The number of hydrazone groups is 1. The van der Waals surface area contributed by atoms with Gasteiger partial charge in [0.25, 0.3) is 15.9 Å². The number of aromatic nitrogens is 1. The molecule has 0 saturated carbocycles. The van der Waals surface area contributed by atoms with Crippen molar-refractivity contribution in [2.75, 3.05) is 23.3 Å². The molecular formula is C30H30FN5O5S. The number of nitrogens with zero attached hydrogens (tertiary/aromatic N) is 3. The van der Waals surface area contributed by atoms with E-state index in [-0.39, 0.29) is 22.3 Å². The third kappa shape index (κ3) is 6.66. The van der Waals surface area contributed by atoms with E-state index < -0.39 is 22.5 Å². The summed E-state index contributed by atoms with van der Waals surface area (Å²) in [5.74, 6) is -0.848. The van der Waals surface area contributed by atoms with E-state index in [2.05, 4.69) is 15.8 Å². The van der Waals surface area contributed by atoms with Crippen LogP contribution in [0.3, 0.4) is 0 Å². The highest BCUT2D eigenvalue weighted by molar-refractivity contribution is 7.92. The predicted molar refractivity (Wildman–Crippen MR) is 159 cm³/mol. The number of halogens is 1. The summed E-state index contributed by atoms with van der Waals surface area (Å²) in [6, 6.07) is 20.0. The smallest absolute Gasteiger partial charge is 0.264 e. The topological polar surface area (TPSA) is 122 Å². The number of anilines is 2. The van der Waals surface area contributed by atoms with E-state index >= 15 is 0 Å². The van der Waals surface area contributed by atoms with Crippen LogP contribution in [0.2, 0.25) is 0 Å². The first kappa shape index (κ1) is 30.0. The molecule has 10 nitrogen and oxygen atoms in total. The zero-order valence-electron chi connectivity index (χ0n) is 23.5. The molecule has 0 aliphatic carbocycles. The summed E-state index contributed by atoms with van der Waals surface area (Å²) in [5.41, 5.74) is 5.56. The van der Waals surface area contributed by atoms with Gasteiger partial charge >= 0.3 is 0 Å². The Balaban J connectivity index is 1.56. The molecule has 1 heterocycles. The average molecular weight is 592 g/mol. The SMILES string of the molecule is COc1ccc(N(CC(=O)N/N=C\c2cc(C)n(-c3ccccc3F)c2C)S(=O)(=O)c2ccc(NC(C)=O)cc2)cc1. The quantitative estimate of drug-likeness (QED) is 0.207. The summed E-state index contributed by atoms with van der Waals surface area (Å²) >= 11 is 0. The lowest BCUT2D eigenvalue weighted by Gasteiger charge is -2.24. The highest BCUT2D eigenvalue weighted by atomic mass is 32.2. The highest BCUT2D eigenvalue weighted by Gasteiger charge is 2.27. The van der Waals surface area contributed by atoms with Gasteiger partial charge in [-0.2, -0.15) is 5.10 Å². The maximum absolute atomic E-state index is 14.4. The van der Waals surface area contributed by atoms with Crippen molar-refractivity contribution in [3.63, 3.8) is 0 Å². The van der Waals surface area contributed by atoms with Crippen LogP contribution in [0.5, 0.6) is 5.75 Å². The first-order valence-electron chi connectivity index (χ1n) is 12.8. The molecule has 0 bridgehead atoms. The summed E-state index contributed by atoms with van der Waals surface area (Å²) in [6.07, 6.45) is 1.42. The fraction of sp³-hybridized carbons (Fsp3) is 0.167. The Morgan fingerprint density at radius 3 is 2.31 bits per heavy atom. The molecule has 0 atom stereocenters. The van der Waals surface area contributed by atoms with E-state index in [4.69, 9.17) is 4.74 Å². The number of hydrogen-bond donors (Lipinski definition) is 2. The van der Waals surface area contributed by atoms with Crippen LogP contribution in [0.4, 0.5) is 15.8 Å². The zero-order chi connectivity index (χ0) is 30.4. The molecule has 0 spiro atoms. The molecule has 0 radical (unpaired) electrons. The number of amides is 2. The van der Waals surface area contributed by atoms with Crippen LogP contribution in [-0.2, 0) is 19.6 Å². The van der Waals surface area contributed by atoms with E-state index in [1.165, 1.54) is 62.7 Å². The maximum atomic E-state index is 14.4. The first-order chi connectivity index (χ1) is 20.0. The van der Waals surface area contributed by atoms with E-state index in [0.717, 1.165) is 10.00 Å². The van der Waals surface area contributed by atoms with Crippen molar-refractivity contribution < 1.29 is 27.1 Å². The Morgan fingerprint density at radius 2 is 1.69 bits per heavy atom. The molecular weight excluding hydrogens is 561 g/mol. The number of carbonyl (C=O) groups is 2. The molecule has 0 aliphatic rings. The molecule has 0 aliphatic heterocycles. The molecule has 4 rings (SSSR count). The van der Waals surface area contributed by atoms with Gasteiger partial charge in [0.2, 0.25) is 5.91 Å². The lowest BCUT2D eigenvalue weighted by Crippen LogP contribution is -2.39. The monoisotopic (exact) mass is 591 g/mol. The van der Waals surface area contributed by atoms with Gasteiger partial charge in [0.15, 0.2) is 0 Å². The number of para-hydroxylation sites is 1. The lowest BCUT2D eigenvalue weighted by atomic mass is 10.2. The number of sulfonamides is 1. The molecule has 42 heavy (non-hydrogen) atoms. The van der Waals surface area contributed by atoms with Crippen LogP contribution < -0.4 is 19.8 Å². The Morgan fingerprint density at radius 1 is 1.02 bits per heavy atom. The number of rotatable bonds is 10. The van der Waals surface area contributed by atoms with Gasteiger partial charge in [0.1, 0.15) is 18.1 Å². The van der Waals surface area contributed by atoms with Crippen molar-refractivity contribution in [3.8, 4) is 11.4 Å². The molecule has 4 aromatic rings. The summed E-state index contributed by atoms with van der Waals surface area (Å²) in [6.45, 7) is 4.40. The van der Waals surface area contributed by atoms with Gasteiger partial charge in [-0.25, -0.2) is 18.2 Å². The second kappa shape index (κ2) is 12.7. The predicted octanol–water partition coefficient (Wildman–Crippen LogP) is 4.55. The summed E-state index contributed by atoms with van der Waals surface area (Å²) in [5, 5.41) is 6.61. The molecule has 2 amide bonds. The summed E-state index contributed by atoms with van der Waals surface area (Å²) in [7, 11) is -2.72. The number of benzene rings is 3. The van der Waals surface area contributed by atoms with Crippen LogP contribution in [0.25, 0.3) is 5.69 Å². The third-order valence-corrected chi connectivity index (χ3v) is 8.15. The number of carbonyl (C=O) groups excluding carboxylic acids is 2. The van der Waals surface area contributed by atoms with Crippen molar-refractivity contribution in [2.24, 2.45) is 5.10 Å². The van der Waals surface area contributed by atoms with Gasteiger partial charge in [-0.15, -0.1) is 0 Å². The number of methoxy groups -OCH3 is 1. The van der Waals surface area contributed by atoms with Gasteiger partial charge in [0, 0.05) is 29.6 Å². The van der Waals surface area contributed by atoms with E-state index in [0.29, 0.717) is 28.4 Å². The highest BCUT2D eigenvalue weighted by Crippen LogP contribution is 2.27. The van der Waals surface area contributed by atoms with Crippen LogP contribution in [-0.4, -0.2) is 44.7 Å². The van der Waals surface area contributed by atoms with Crippen molar-refractivity contribution in [2.45, 2.75) is 25.7 Å². The van der Waals surface area contributed by atoms with Crippen molar-refractivity contribution >= 4 is 39.4 Å². The Kier molecular flexibility index (Phi) is 9.06. The maximum Gasteiger partial charge on any atom is 0.264 e. The van der Waals surface area contributed by atoms with Gasteiger partial charge in [-0.05, 0) is 80.6 Å². The number of nitrogens with one attached hydrogen (secondary N) is 2. The Hall–Kier alpha value is -4.97. The minimum atomic E-state index is -4.21. The molecule has 218 valence electrons. The number of hydrogen-bond acceptors (Lipinski definition) is 6. The van der Waals surface area contributed by atoms with E-state index in [1.54, 1.807) is 47.9 Å². The fourth-order valence-corrected chi connectivity index (χ4v) is 5.79. The van der Waals surface area contributed by atoms with Gasteiger partial charge in [-0.1, -0.05) is 12.1 Å². The van der Waals surface area contributed by atoms with Crippen LogP contribution in [0.1, 0.15) is 23.9 Å². The van der Waals surface area contributed by atoms with Crippen molar-refractivity contribution in [1.29, 1.82) is 0 Å². The van der Waals surface area contributed by atoms with Crippen LogP contribution >= 0.6 is 0 Å². The fourth-order valence-electron chi connectivity index (χ4n) is 4.37. The first-order valence-corrected chi connectivity index (χ1v) is 14.3. The van der Waals surface area contributed by atoms with Gasteiger partial charge in [0.05, 0.1) is 29.6 Å². The second-order valence-corrected chi connectivity index (χ2v) is 11.2. The zero-order valence-corrected chi connectivity index (χ0v) is 24.3. The number of aryl methyl sites for hydroxylation is 1. The van der Waals surface area contributed by atoms with E-state index in [1.807, 2.05) is 6.92 Å². The second-order valence-electron chi connectivity index (χ2n) is 9.32. The van der Waals surface area contributed by atoms with Gasteiger partial charge < -0.3 is 14.6 Å².